The van der Waals surface area contributed by atoms with Crippen LogP contribution in [-0.2, 0) is 5.54 Å². The maximum atomic E-state index is 13.1. The van der Waals surface area contributed by atoms with E-state index in [0.717, 1.165) is 6.07 Å². The van der Waals surface area contributed by atoms with Crippen LogP contribution in [0.2, 0.25) is 0 Å². The molecule has 1 fully saturated rings. The molecule has 1 aromatic carbocycles. The van der Waals surface area contributed by atoms with E-state index in [9.17, 15) is 13.2 Å². The van der Waals surface area contributed by atoms with Gasteiger partial charge in [-0.25, -0.2) is 13.2 Å². The van der Waals surface area contributed by atoms with Gasteiger partial charge in [-0.3, -0.25) is 0 Å². The van der Waals surface area contributed by atoms with E-state index in [-0.39, 0.29) is 5.56 Å². The highest BCUT2D eigenvalue weighted by Crippen LogP contribution is 2.44. The third kappa shape index (κ3) is 1.31. The summed E-state index contributed by atoms with van der Waals surface area (Å²) in [5, 5.41) is 0. The Labute approximate surface area is 73.4 Å². The Balaban J connectivity index is 2.56. The van der Waals surface area contributed by atoms with E-state index >= 15 is 0 Å². The van der Waals surface area contributed by atoms with E-state index < -0.39 is 23.0 Å². The highest BCUT2D eigenvalue weighted by molar-refractivity contribution is 5.32. The van der Waals surface area contributed by atoms with Gasteiger partial charge >= 0.3 is 0 Å². The molecule has 0 radical (unpaired) electrons. The maximum absolute atomic E-state index is 13.1. The van der Waals surface area contributed by atoms with Crippen molar-refractivity contribution in [1.29, 1.82) is 0 Å². The van der Waals surface area contributed by atoms with Crippen LogP contribution in [0.4, 0.5) is 13.2 Å². The van der Waals surface area contributed by atoms with Crippen LogP contribution < -0.4 is 5.73 Å². The lowest BCUT2D eigenvalue weighted by atomic mass is 10.0. The fourth-order valence-electron chi connectivity index (χ4n) is 1.32. The highest BCUT2D eigenvalue weighted by Gasteiger charge is 2.43. The highest BCUT2D eigenvalue weighted by atomic mass is 19.2. The Morgan fingerprint density at radius 1 is 1.15 bits per heavy atom. The van der Waals surface area contributed by atoms with Crippen LogP contribution >= 0.6 is 0 Å². The number of nitrogens with two attached hydrogens (primary N) is 1. The summed E-state index contributed by atoms with van der Waals surface area (Å²) in [6, 6.07) is 1.48. The number of benzene rings is 1. The lowest BCUT2D eigenvalue weighted by molar-refractivity contribution is 0.472. The van der Waals surface area contributed by atoms with Crippen molar-refractivity contribution in [1.82, 2.24) is 0 Å². The van der Waals surface area contributed by atoms with Crippen LogP contribution in [-0.4, -0.2) is 0 Å². The van der Waals surface area contributed by atoms with Crippen molar-refractivity contribution in [3.8, 4) is 0 Å². The summed E-state index contributed by atoms with van der Waals surface area (Å²) in [4.78, 5) is 0. The fraction of sp³-hybridized carbons (Fsp3) is 0.333. The molecule has 1 aliphatic carbocycles. The van der Waals surface area contributed by atoms with Crippen molar-refractivity contribution in [2.24, 2.45) is 5.73 Å². The molecule has 0 unspecified atom stereocenters. The first-order valence-corrected chi connectivity index (χ1v) is 3.97. The van der Waals surface area contributed by atoms with Crippen molar-refractivity contribution in [3.63, 3.8) is 0 Å². The Bertz CT molecular complexity index is 358. The third-order valence-corrected chi connectivity index (χ3v) is 2.32. The van der Waals surface area contributed by atoms with E-state index in [1.165, 1.54) is 0 Å². The van der Waals surface area contributed by atoms with Gasteiger partial charge in [0.25, 0.3) is 0 Å². The average Bonchev–Trinajstić information content (AvgIpc) is 2.77. The fourth-order valence-corrected chi connectivity index (χ4v) is 1.32. The zero-order valence-electron chi connectivity index (χ0n) is 6.78. The van der Waals surface area contributed by atoms with Crippen molar-refractivity contribution >= 4 is 0 Å². The van der Waals surface area contributed by atoms with Crippen molar-refractivity contribution in [2.75, 3.05) is 0 Å². The van der Waals surface area contributed by atoms with E-state index in [1.54, 1.807) is 0 Å². The monoisotopic (exact) mass is 187 g/mol. The first-order chi connectivity index (χ1) is 6.03. The molecule has 4 heteroatoms. The summed E-state index contributed by atoms with van der Waals surface area (Å²) in [6.45, 7) is 0. The second-order valence-electron chi connectivity index (χ2n) is 3.41. The third-order valence-electron chi connectivity index (χ3n) is 2.32. The van der Waals surface area contributed by atoms with Crippen LogP contribution in [0.25, 0.3) is 0 Å². The molecule has 0 heterocycles. The van der Waals surface area contributed by atoms with Crippen molar-refractivity contribution in [3.05, 3.63) is 35.1 Å². The quantitative estimate of drug-likeness (QED) is 0.669. The second-order valence-corrected chi connectivity index (χ2v) is 3.41. The Morgan fingerprint density at radius 3 is 2.31 bits per heavy atom. The summed E-state index contributed by atoms with van der Waals surface area (Å²) in [7, 11) is 0. The molecule has 13 heavy (non-hydrogen) atoms. The number of rotatable bonds is 1. The molecule has 1 aromatic rings. The Kier molecular flexibility index (Phi) is 1.63. The minimum Gasteiger partial charge on any atom is -0.321 e. The lowest BCUT2D eigenvalue weighted by Gasteiger charge is -2.10. The molecule has 1 aliphatic rings. The zero-order valence-corrected chi connectivity index (χ0v) is 6.78. The van der Waals surface area contributed by atoms with Crippen LogP contribution in [0.1, 0.15) is 18.4 Å². The van der Waals surface area contributed by atoms with E-state index in [2.05, 4.69) is 0 Å². The van der Waals surface area contributed by atoms with Gasteiger partial charge in [-0.2, -0.15) is 0 Å². The van der Waals surface area contributed by atoms with E-state index in [0.29, 0.717) is 18.9 Å². The largest absolute Gasteiger partial charge is 0.321 e. The Hall–Kier alpha value is -1.03. The molecule has 0 atom stereocenters. The van der Waals surface area contributed by atoms with Crippen LogP contribution in [0.15, 0.2) is 12.1 Å². The molecule has 0 saturated heterocycles. The average molecular weight is 187 g/mol. The molecule has 0 spiro atoms. The van der Waals surface area contributed by atoms with Gasteiger partial charge in [0.1, 0.15) is 5.82 Å². The molecular formula is C9H8F3N. The predicted molar refractivity (Wildman–Crippen MR) is 41.4 cm³/mol. The SMILES string of the molecule is NC1(c2cc(F)cc(F)c2F)CC1. The van der Waals surface area contributed by atoms with Crippen molar-refractivity contribution < 1.29 is 13.2 Å². The normalized spacial score (nSPS) is 18.8. The minimum absolute atomic E-state index is 0.0509. The van der Waals surface area contributed by atoms with Gasteiger partial charge in [0.15, 0.2) is 11.6 Å². The van der Waals surface area contributed by atoms with Gasteiger partial charge in [-0.05, 0) is 18.9 Å². The number of halogens is 3. The first-order valence-electron chi connectivity index (χ1n) is 3.97. The van der Waals surface area contributed by atoms with Gasteiger partial charge < -0.3 is 5.73 Å². The van der Waals surface area contributed by atoms with Gasteiger partial charge in [-0.1, -0.05) is 0 Å². The summed E-state index contributed by atoms with van der Waals surface area (Å²) in [5.74, 6) is -2.99. The summed E-state index contributed by atoms with van der Waals surface area (Å²) in [5.41, 5.74) is 4.74. The maximum Gasteiger partial charge on any atom is 0.164 e. The van der Waals surface area contributed by atoms with Crippen LogP contribution in [0.5, 0.6) is 0 Å². The predicted octanol–water partition coefficient (Wildman–Crippen LogP) is 2.05. The standard InChI is InChI=1S/C9H8F3N/c10-5-3-6(9(13)1-2-9)8(12)7(11)4-5/h3-4H,1-2,13H2. The molecule has 1 nitrogen and oxygen atoms in total. The first kappa shape index (κ1) is 8.56. The Morgan fingerprint density at radius 2 is 1.77 bits per heavy atom. The molecule has 2 rings (SSSR count). The minimum atomic E-state index is -1.17. The topological polar surface area (TPSA) is 26.0 Å². The molecule has 0 aliphatic heterocycles. The molecule has 0 bridgehead atoms. The van der Waals surface area contributed by atoms with E-state index in [1.807, 2.05) is 0 Å². The van der Waals surface area contributed by atoms with Crippen molar-refractivity contribution in [2.45, 2.75) is 18.4 Å². The smallest absolute Gasteiger partial charge is 0.164 e. The van der Waals surface area contributed by atoms with E-state index in [4.69, 9.17) is 5.73 Å². The molecule has 0 aromatic heterocycles. The summed E-state index contributed by atoms with van der Waals surface area (Å²) in [6.07, 6.45) is 1.15. The summed E-state index contributed by atoms with van der Waals surface area (Å²) >= 11 is 0. The molecule has 0 amide bonds. The number of hydrogen-bond donors (Lipinski definition) is 1. The zero-order chi connectivity index (χ0) is 9.64. The van der Waals surface area contributed by atoms with Gasteiger partial charge in [0.2, 0.25) is 0 Å². The molecule has 1 saturated carbocycles. The molecule has 70 valence electrons. The van der Waals surface area contributed by atoms with Gasteiger partial charge in [0, 0.05) is 17.2 Å². The second kappa shape index (κ2) is 2.48. The lowest BCUT2D eigenvalue weighted by Crippen LogP contribution is -2.21. The van der Waals surface area contributed by atoms with Gasteiger partial charge in [-0.15, -0.1) is 0 Å². The van der Waals surface area contributed by atoms with Crippen LogP contribution in [0.3, 0.4) is 0 Å². The molecular weight excluding hydrogens is 179 g/mol. The molecule has 2 N–H and O–H groups in total. The van der Waals surface area contributed by atoms with Gasteiger partial charge in [0.05, 0.1) is 0 Å². The summed E-state index contributed by atoms with van der Waals surface area (Å²) < 4.78 is 38.5. The number of hydrogen-bond acceptors (Lipinski definition) is 1. The van der Waals surface area contributed by atoms with Crippen LogP contribution in [0, 0.1) is 17.5 Å².